The lowest BCUT2D eigenvalue weighted by molar-refractivity contribution is 0.700. The molecule has 0 N–H and O–H groups in total. The van der Waals surface area contributed by atoms with Gasteiger partial charge in [0.1, 0.15) is 0 Å². The lowest BCUT2D eigenvalue weighted by Gasteiger charge is -2.02. The Hall–Kier alpha value is -0.110. The predicted octanol–water partition coefficient (Wildman–Crippen LogP) is 4.22. The van der Waals surface area contributed by atoms with Crippen molar-refractivity contribution in [3.8, 4) is 0 Å². The molecule has 2 heteroatoms. The predicted molar refractivity (Wildman–Crippen MR) is 69.6 cm³/mol. The van der Waals surface area contributed by atoms with E-state index in [4.69, 9.17) is 0 Å². The molecule has 0 heterocycles. The molecule has 0 radical (unpaired) electrons. The van der Waals surface area contributed by atoms with E-state index < -0.39 is 0 Å². The molecule has 0 spiro atoms. The number of nitrogens with zero attached hydrogens (tertiary/aromatic N) is 1. The quantitative estimate of drug-likeness (QED) is 0.281. The Morgan fingerprint density at radius 2 is 2.14 bits per heavy atom. The zero-order valence-corrected chi connectivity index (χ0v) is 11.2. The molecule has 0 bridgehead atoms. The van der Waals surface area contributed by atoms with Crippen molar-refractivity contribution in [1.29, 1.82) is 0 Å². The molecule has 0 aromatic rings. The van der Waals surface area contributed by atoms with Crippen molar-refractivity contribution in [2.45, 2.75) is 40.0 Å². The smallest absolute Gasteiger partial charge is 0.0393 e. The highest BCUT2D eigenvalue weighted by Crippen LogP contribution is 2.05. The van der Waals surface area contributed by atoms with E-state index >= 15 is 0 Å². The minimum absolute atomic E-state index is 0.612. The Labute approximate surface area is 96.8 Å². The maximum Gasteiger partial charge on any atom is 0.0393 e. The summed E-state index contributed by atoms with van der Waals surface area (Å²) in [6.45, 7) is 7.48. The fourth-order valence-electron chi connectivity index (χ4n) is 1.11. The highest BCUT2D eigenvalue weighted by molar-refractivity contribution is 9.09. The van der Waals surface area contributed by atoms with Crippen LogP contribution in [0.3, 0.4) is 0 Å². The maximum absolute atomic E-state index is 4.38. The van der Waals surface area contributed by atoms with Crippen LogP contribution in [0, 0.1) is 5.92 Å². The highest BCUT2D eigenvalue weighted by atomic mass is 79.9. The van der Waals surface area contributed by atoms with E-state index in [1.807, 2.05) is 0 Å². The fraction of sp³-hybridized carbons (Fsp3) is 0.750. The molecule has 0 saturated heterocycles. The van der Waals surface area contributed by atoms with Crippen molar-refractivity contribution in [2.75, 3.05) is 11.9 Å². The van der Waals surface area contributed by atoms with E-state index in [-0.39, 0.29) is 0 Å². The van der Waals surface area contributed by atoms with Crippen molar-refractivity contribution < 1.29 is 0 Å². The highest BCUT2D eigenvalue weighted by Gasteiger charge is 1.95. The van der Waals surface area contributed by atoms with Gasteiger partial charge in [-0.2, -0.15) is 0 Å². The van der Waals surface area contributed by atoms with Crippen molar-refractivity contribution in [3.05, 3.63) is 11.6 Å². The van der Waals surface area contributed by atoms with Crippen molar-refractivity contribution in [2.24, 2.45) is 10.9 Å². The van der Waals surface area contributed by atoms with Crippen LogP contribution in [0.15, 0.2) is 16.6 Å². The van der Waals surface area contributed by atoms with Gasteiger partial charge >= 0.3 is 0 Å². The number of hydrogen-bond donors (Lipinski definition) is 0. The van der Waals surface area contributed by atoms with Crippen LogP contribution in [-0.2, 0) is 0 Å². The van der Waals surface area contributed by atoms with Crippen LogP contribution in [0.4, 0.5) is 0 Å². The summed E-state index contributed by atoms with van der Waals surface area (Å²) in [4.78, 5) is 4.38. The first-order valence-electron chi connectivity index (χ1n) is 5.36. The molecule has 14 heavy (non-hydrogen) atoms. The van der Waals surface area contributed by atoms with Gasteiger partial charge in [0, 0.05) is 18.1 Å². The lowest BCUT2D eigenvalue weighted by Crippen LogP contribution is -1.96. The first kappa shape index (κ1) is 13.9. The molecule has 82 valence electrons. The van der Waals surface area contributed by atoms with Crippen LogP contribution < -0.4 is 0 Å². The molecule has 1 unspecified atom stereocenters. The monoisotopic (exact) mass is 259 g/mol. The Bertz CT molecular complexity index is 181. The lowest BCUT2D eigenvalue weighted by atomic mass is 10.1. The van der Waals surface area contributed by atoms with Crippen LogP contribution in [-0.4, -0.2) is 18.1 Å². The zero-order valence-electron chi connectivity index (χ0n) is 9.59. The molecule has 0 rings (SSSR count). The van der Waals surface area contributed by atoms with Crippen molar-refractivity contribution in [3.63, 3.8) is 0 Å². The molecule has 1 atom stereocenters. The molecule has 0 fully saturated rings. The van der Waals surface area contributed by atoms with E-state index in [9.17, 15) is 0 Å². The second kappa shape index (κ2) is 9.45. The summed E-state index contributed by atoms with van der Waals surface area (Å²) in [6, 6.07) is 0. The number of hydrogen-bond acceptors (Lipinski definition) is 1. The number of halogens is 1. The Morgan fingerprint density at radius 1 is 1.43 bits per heavy atom. The molecular weight excluding hydrogens is 238 g/mol. The van der Waals surface area contributed by atoms with Crippen molar-refractivity contribution in [1.82, 2.24) is 0 Å². The van der Waals surface area contributed by atoms with Gasteiger partial charge in [0.2, 0.25) is 0 Å². The summed E-state index contributed by atoms with van der Waals surface area (Å²) in [5.41, 5.74) is 1.41. The molecule has 0 aliphatic heterocycles. The SMILES string of the molecule is CC(C)=CCCC(C)C=NCCCBr. The molecule has 1 nitrogen and oxygen atoms in total. The van der Waals surface area contributed by atoms with Gasteiger partial charge in [0.05, 0.1) is 0 Å². The molecule has 0 aliphatic rings. The molecule has 0 aromatic carbocycles. The topological polar surface area (TPSA) is 12.4 Å². The van der Waals surface area contributed by atoms with Crippen molar-refractivity contribution >= 4 is 22.1 Å². The maximum atomic E-state index is 4.38. The van der Waals surface area contributed by atoms with Crippen LogP contribution >= 0.6 is 15.9 Å². The van der Waals surface area contributed by atoms with E-state index in [0.29, 0.717) is 5.92 Å². The largest absolute Gasteiger partial charge is 0.297 e. The average Bonchev–Trinajstić information content (AvgIpc) is 2.12. The normalized spacial score (nSPS) is 13.1. The van der Waals surface area contributed by atoms with Gasteiger partial charge in [-0.1, -0.05) is 34.5 Å². The Morgan fingerprint density at radius 3 is 2.71 bits per heavy atom. The summed E-state index contributed by atoms with van der Waals surface area (Å²) in [6.07, 6.45) is 7.92. The van der Waals surface area contributed by atoms with E-state index in [1.165, 1.54) is 18.4 Å². The fourth-order valence-corrected chi connectivity index (χ4v) is 1.37. The number of aliphatic imine (C=N–C) groups is 1. The summed E-state index contributed by atoms with van der Waals surface area (Å²) in [5, 5.41) is 1.05. The van der Waals surface area contributed by atoms with E-state index in [1.54, 1.807) is 0 Å². The second-order valence-corrected chi connectivity index (χ2v) is 4.73. The third kappa shape index (κ3) is 9.97. The van der Waals surface area contributed by atoms with Gasteiger partial charge in [-0.05, 0) is 39.0 Å². The van der Waals surface area contributed by atoms with Crippen LogP contribution in [0.2, 0.25) is 0 Å². The van der Waals surface area contributed by atoms with E-state index in [2.05, 4.69) is 54.0 Å². The molecule has 0 saturated carbocycles. The minimum atomic E-state index is 0.612. The number of alkyl halides is 1. The number of allylic oxidation sites excluding steroid dienone is 2. The summed E-state index contributed by atoms with van der Waals surface area (Å²) >= 11 is 3.39. The second-order valence-electron chi connectivity index (χ2n) is 3.93. The van der Waals surface area contributed by atoms with Gasteiger partial charge in [0.15, 0.2) is 0 Å². The van der Waals surface area contributed by atoms with Crippen LogP contribution in [0.5, 0.6) is 0 Å². The average molecular weight is 260 g/mol. The van der Waals surface area contributed by atoms with Gasteiger partial charge in [-0.3, -0.25) is 4.99 Å². The Kier molecular flexibility index (Phi) is 9.37. The zero-order chi connectivity index (χ0) is 10.8. The van der Waals surface area contributed by atoms with Gasteiger partial charge in [0.25, 0.3) is 0 Å². The number of rotatable bonds is 7. The first-order chi connectivity index (χ1) is 6.66. The summed E-state index contributed by atoms with van der Waals surface area (Å²) < 4.78 is 0. The standard InChI is InChI=1S/C12H22BrN/c1-11(2)6-4-7-12(3)10-14-9-5-8-13/h6,10,12H,4-5,7-9H2,1-3H3. The minimum Gasteiger partial charge on any atom is -0.297 e. The van der Waals surface area contributed by atoms with Gasteiger partial charge in [-0.25, -0.2) is 0 Å². The van der Waals surface area contributed by atoms with Gasteiger partial charge < -0.3 is 0 Å². The first-order valence-corrected chi connectivity index (χ1v) is 6.48. The molecule has 0 amide bonds. The third-order valence-corrected chi connectivity index (χ3v) is 2.52. The molecular formula is C12H22BrN. The molecule has 0 aromatic heterocycles. The van der Waals surface area contributed by atoms with Crippen LogP contribution in [0.1, 0.15) is 40.0 Å². The van der Waals surface area contributed by atoms with Crippen LogP contribution in [0.25, 0.3) is 0 Å². The summed E-state index contributed by atoms with van der Waals surface area (Å²) in [7, 11) is 0. The molecule has 0 aliphatic carbocycles. The van der Waals surface area contributed by atoms with E-state index in [0.717, 1.165) is 18.3 Å². The van der Waals surface area contributed by atoms with Gasteiger partial charge in [-0.15, -0.1) is 0 Å². The third-order valence-electron chi connectivity index (χ3n) is 1.96. The summed E-state index contributed by atoms with van der Waals surface area (Å²) in [5.74, 6) is 0.612. The Balaban J connectivity index is 3.49.